The van der Waals surface area contributed by atoms with Crippen molar-refractivity contribution in [2.45, 2.75) is 18.4 Å². The van der Waals surface area contributed by atoms with Crippen LogP contribution in [0.2, 0.25) is 0 Å². The highest BCUT2D eigenvalue weighted by Crippen LogP contribution is 1.98. The Morgan fingerprint density at radius 3 is 2.25 bits per heavy atom. The van der Waals surface area contributed by atoms with E-state index < -0.39 is 17.4 Å². The molecule has 0 rings (SSSR count). The number of hydrogen-bond acceptors (Lipinski definition) is 2. The van der Waals surface area contributed by atoms with E-state index >= 15 is 0 Å². The number of amides is 1. The molecule has 48 valence electrons. The second-order valence-electron chi connectivity index (χ2n) is 1.52. The Morgan fingerprint density at radius 2 is 2.25 bits per heavy atom. The molecule has 0 aliphatic carbocycles. The topological polar surface area (TPSA) is 63.3 Å². The molecule has 3 N–H and O–H groups in total. The molecular formula is C4H8ClNO2. The summed E-state index contributed by atoms with van der Waals surface area (Å²) in [6, 6.07) is 0. The van der Waals surface area contributed by atoms with Crippen LogP contribution in [0.1, 0.15) is 6.92 Å². The van der Waals surface area contributed by atoms with Gasteiger partial charge >= 0.3 is 0 Å². The number of rotatable bonds is 2. The molecule has 0 spiro atoms. The maximum absolute atomic E-state index is 10.0. The maximum Gasteiger partial charge on any atom is 0.247 e. The van der Waals surface area contributed by atoms with Gasteiger partial charge in [-0.25, -0.2) is 0 Å². The molecule has 0 unspecified atom stereocenters. The van der Waals surface area contributed by atoms with Crippen LogP contribution < -0.4 is 5.73 Å². The maximum atomic E-state index is 10.0. The van der Waals surface area contributed by atoms with Crippen molar-refractivity contribution in [3.63, 3.8) is 0 Å². The largest absolute Gasteiger partial charge is 0.382 e. The monoisotopic (exact) mass is 137 g/mol. The van der Waals surface area contributed by atoms with Gasteiger partial charge in [-0.15, -0.1) is 11.6 Å². The molecule has 4 heteroatoms. The van der Waals surface area contributed by atoms with Gasteiger partial charge in [0.15, 0.2) is 0 Å². The molecule has 0 radical (unpaired) electrons. The van der Waals surface area contributed by atoms with E-state index in [4.69, 9.17) is 16.7 Å². The fourth-order valence-corrected chi connectivity index (χ4v) is 0.351. The smallest absolute Gasteiger partial charge is 0.247 e. The Morgan fingerprint density at radius 1 is 1.88 bits per heavy atom. The van der Waals surface area contributed by atoms with E-state index in [0.29, 0.717) is 0 Å². The first-order valence-electron chi connectivity index (χ1n) is 2.17. The molecular weight excluding hydrogens is 130 g/mol. The second kappa shape index (κ2) is 2.89. The lowest BCUT2D eigenvalue weighted by Gasteiger charge is -2.05. The molecule has 0 aliphatic rings. The summed E-state index contributed by atoms with van der Waals surface area (Å²) >= 11 is 5.27. The van der Waals surface area contributed by atoms with Gasteiger partial charge in [-0.3, -0.25) is 4.79 Å². The molecule has 0 heterocycles. The third kappa shape index (κ3) is 2.14. The molecule has 0 aromatic rings. The van der Waals surface area contributed by atoms with E-state index in [2.05, 4.69) is 5.73 Å². The van der Waals surface area contributed by atoms with Crippen molar-refractivity contribution in [1.29, 1.82) is 0 Å². The molecule has 3 nitrogen and oxygen atoms in total. The van der Waals surface area contributed by atoms with Crippen LogP contribution in [0.25, 0.3) is 0 Å². The van der Waals surface area contributed by atoms with Crippen LogP contribution in [-0.4, -0.2) is 22.5 Å². The molecule has 0 aromatic heterocycles. The van der Waals surface area contributed by atoms with Crippen LogP contribution in [0.4, 0.5) is 0 Å². The Kier molecular flexibility index (Phi) is 2.79. The number of alkyl halides is 1. The van der Waals surface area contributed by atoms with Gasteiger partial charge in [0.2, 0.25) is 5.91 Å². The molecule has 2 atom stereocenters. The van der Waals surface area contributed by atoms with E-state index in [1.165, 1.54) is 6.92 Å². The van der Waals surface area contributed by atoms with Crippen molar-refractivity contribution in [2.75, 3.05) is 0 Å². The second-order valence-corrected chi connectivity index (χ2v) is 2.21. The summed E-state index contributed by atoms with van der Waals surface area (Å²) in [5.41, 5.74) is 4.66. The van der Waals surface area contributed by atoms with Crippen molar-refractivity contribution >= 4 is 17.5 Å². The highest BCUT2D eigenvalue weighted by Gasteiger charge is 2.15. The van der Waals surface area contributed by atoms with Crippen LogP contribution >= 0.6 is 11.6 Å². The van der Waals surface area contributed by atoms with Crippen LogP contribution in [0.3, 0.4) is 0 Å². The number of carbonyl (C=O) groups is 1. The number of nitrogens with two attached hydrogens (primary N) is 1. The summed E-state index contributed by atoms with van der Waals surface area (Å²) < 4.78 is 0. The summed E-state index contributed by atoms with van der Waals surface area (Å²) in [6.45, 7) is 1.50. The van der Waals surface area contributed by atoms with E-state index in [1.807, 2.05) is 0 Å². The lowest BCUT2D eigenvalue weighted by atomic mass is 10.3. The normalized spacial score (nSPS) is 17.4. The van der Waals surface area contributed by atoms with Gasteiger partial charge in [-0.05, 0) is 6.92 Å². The summed E-state index contributed by atoms with van der Waals surface area (Å²) in [6.07, 6.45) is -1.23. The van der Waals surface area contributed by atoms with Crippen LogP contribution in [0, 0.1) is 0 Å². The molecule has 0 saturated heterocycles. The molecule has 1 amide bonds. The fourth-order valence-electron chi connectivity index (χ4n) is 0.226. The van der Waals surface area contributed by atoms with Crippen molar-refractivity contribution < 1.29 is 9.90 Å². The van der Waals surface area contributed by atoms with Crippen molar-refractivity contribution in [2.24, 2.45) is 5.73 Å². The summed E-state index contributed by atoms with van der Waals surface area (Å²) in [7, 11) is 0. The molecule has 0 bridgehead atoms. The zero-order valence-electron chi connectivity index (χ0n) is 4.47. The zero-order valence-corrected chi connectivity index (χ0v) is 5.22. The highest BCUT2D eigenvalue weighted by molar-refractivity contribution is 6.22. The Hall–Kier alpha value is -0.280. The average molecular weight is 138 g/mol. The van der Waals surface area contributed by atoms with Gasteiger partial charge in [-0.2, -0.15) is 0 Å². The van der Waals surface area contributed by atoms with Gasteiger partial charge in [0.1, 0.15) is 6.10 Å². The summed E-state index contributed by atoms with van der Waals surface area (Å²) in [5.74, 6) is -0.785. The first kappa shape index (κ1) is 7.72. The van der Waals surface area contributed by atoms with Crippen LogP contribution in [0.15, 0.2) is 0 Å². The molecule has 0 aromatic carbocycles. The number of aliphatic hydroxyl groups is 1. The molecule has 0 aliphatic heterocycles. The minimum Gasteiger partial charge on any atom is -0.382 e. The van der Waals surface area contributed by atoms with E-state index in [0.717, 1.165) is 0 Å². The number of halogens is 1. The Bertz CT molecular complexity index is 94.0. The molecule has 0 saturated carbocycles. The Balaban J connectivity index is 3.64. The van der Waals surface area contributed by atoms with Gasteiger partial charge < -0.3 is 10.8 Å². The van der Waals surface area contributed by atoms with E-state index in [1.54, 1.807) is 0 Å². The minimum atomic E-state index is -1.23. The average Bonchev–Trinajstić information content (AvgIpc) is 1.64. The quantitative estimate of drug-likeness (QED) is 0.502. The zero-order chi connectivity index (χ0) is 6.73. The number of carbonyl (C=O) groups excluding carboxylic acids is 1. The number of aliphatic hydroxyl groups excluding tert-OH is 1. The first-order valence-corrected chi connectivity index (χ1v) is 2.61. The first-order chi connectivity index (χ1) is 3.55. The van der Waals surface area contributed by atoms with E-state index in [9.17, 15) is 4.79 Å². The lowest BCUT2D eigenvalue weighted by Crippen LogP contribution is -2.34. The predicted octanol–water partition coefficient (Wildman–Crippen LogP) is -0.540. The lowest BCUT2D eigenvalue weighted by molar-refractivity contribution is -0.125. The summed E-state index contributed by atoms with van der Waals surface area (Å²) in [5, 5.41) is 7.99. The standard InChI is InChI=1S/C4H8ClNO2/c1-2(5)3(7)4(6)8/h2-3,7H,1H3,(H2,6,8)/t2-,3+/m0/s1. The third-order valence-electron chi connectivity index (χ3n) is 0.727. The van der Waals surface area contributed by atoms with Crippen molar-refractivity contribution in [3.05, 3.63) is 0 Å². The third-order valence-corrected chi connectivity index (χ3v) is 0.965. The van der Waals surface area contributed by atoms with Crippen LogP contribution in [-0.2, 0) is 4.79 Å². The van der Waals surface area contributed by atoms with E-state index in [-0.39, 0.29) is 0 Å². The summed E-state index contributed by atoms with van der Waals surface area (Å²) in [4.78, 5) is 10.0. The van der Waals surface area contributed by atoms with Gasteiger partial charge in [0.25, 0.3) is 0 Å². The Labute approximate surface area is 52.4 Å². The SMILES string of the molecule is C[C@H](Cl)[C@@H](O)C(N)=O. The minimum absolute atomic E-state index is 0.604. The van der Waals surface area contributed by atoms with Gasteiger partial charge in [0.05, 0.1) is 5.38 Å². The van der Waals surface area contributed by atoms with Crippen molar-refractivity contribution in [3.8, 4) is 0 Å². The number of hydrogen-bond donors (Lipinski definition) is 2. The molecule has 0 fully saturated rings. The van der Waals surface area contributed by atoms with Gasteiger partial charge in [-0.1, -0.05) is 0 Å². The number of primary amides is 1. The fraction of sp³-hybridized carbons (Fsp3) is 0.750. The highest BCUT2D eigenvalue weighted by atomic mass is 35.5. The van der Waals surface area contributed by atoms with Crippen LogP contribution in [0.5, 0.6) is 0 Å². The molecule has 8 heavy (non-hydrogen) atoms. The van der Waals surface area contributed by atoms with Gasteiger partial charge in [0, 0.05) is 0 Å². The van der Waals surface area contributed by atoms with Crippen molar-refractivity contribution in [1.82, 2.24) is 0 Å². The predicted molar refractivity (Wildman–Crippen MR) is 30.5 cm³/mol.